The molecule has 1 atom stereocenters. The molecule has 40 heavy (non-hydrogen) atoms. The van der Waals surface area contributed by atoms with E-state index >= 15 is 4.39 Å². The fraction of sp³-hybridized carbons (Fsp3) is 0.607. The van der Waals surface area contributed by atoms with Gasteiger partial charge in [0.05, 0.1) is 16.8 Å². The maximum Gasteiger partial charge on any atom is 0.407 e. The van der Waals surface area contributed by atoms with Gasteiger partial charge >= 0.3 is 6.09 Å². The van der Waals surface area contributed by atoms with Crippen LogP contribution in [0.1, 0.15) is 72.1 Å². The number of imide groups is 2. The summed E-state index contributed by atoms with van der Waals surface area (Å²) in [6.07, 6.45) is 4.78. The SMILES string of the molecule is O=C1CCC(N2C(=O)c3cc(F)c(N4CCCC5(CCN(C6CCN(C(=O)O)CC6)CC5)C4)cc3C2=O)C(=O)N1. The number of hydrogen-bond acceptors (Lipinski definition) is 7. The highest BCUT2D eigenvalue weighted by atomic mass is 19.1. The minimum absolute atomic E-state index is 0.0260. The highest BCUT2D eigenvalue weighted by Gasteiger charge is 2.46. The van der Waals surface area contributed by atoms with Crippen LogP contribution >= 0.6 is 0 Å². The molecule has 5 heterocycles. The first kappa shape index (κ1) is 26.7. The van der Waals surface area contributed by atoms with E-state index in [4.69, 9.17) is 0 Å². The van der Waals surface area contributed by atoms with Gasteiger partial charge in [-0.3, -0.25) is 29.4 Å². The second kappa shape index (κ2) is 10.1. The minimum Gasteiger partial charge on any atom is -0.465 e. The molecule has 12 heteroatoms. The number of carbonyl (C=O) groups excluding carboxylic acids is 4. The van der Waals surface area contributed by atoms with Gasteiger partial charge in [-0.15, -0.1) is 0 Å². The van der Waals surface area contributed by atoms with Gasteiger partial charge < -0.3 is 19.8 Å². The second-order valence-corrected chi connectivity index (χ2v) is 11.9. The van der Waals surface area contributed by atoms with Crippen LogP contribution in [-0.2, 0) is 9.59 Å². The van der Waals surface area contributed by atoms with Crippen LogP contribution < -0.4 is 10.2 Å². The van der Waals surface area contributed by atoms with Gasteiger partial charge in [-0.05, 0) is 75.6 Å². The van der Waals surface area contributed by atoms with Gasteiger partial charge in [0.15, 0.2) is 0 Å². The van der Waals surface area contributed by atoms with Crippen molar-refractivity contribution >= 4 is 35.4 Å². The lowest BCUT2D eigenvalue weighted by molar-refractivity contribution is -0.136. The summed E-state index contributed by atoms with van der Waals surface area (Å²) in [7, 11) is 0. The van der Waals surface area contributed by atoms with E-state index in [1.807, 2.05) is 4.90 Å². The topological polar surface area (TPSA) is 131 Å². The summed E-state index contributed by atoms with van der Waals surface area (Å²) in [6.45, 7) is 4.28. The Kier molecular flexibility index (Phi) is 6.76. The molecule has 0 radical (unpaired) electrons. The average Bonchev–Trinajstić information content (AvgIpc) is 3.17. The van der Waals surface area contributed by atoms with Crippen LogP contribution in [0.5, 0.6) is 0 Å². The van der Waals surface area contributed by atoms with Gasteiger partial charge in [0.25, 0.3) is 11.8 Å². The number of carbonyl (C=O) groups is 5. The first-order valence-corrected chi connectivity index (χ1v) is 14.2. The maximum atomic E-state index is 15.5. The predicted molar refractivity (Wildman–Crippen MR) is 140 cm³/mol. The average molecular weight is 556 g/mol. The lowest BCUT2D eigenvalue weighted by atomic mass is 9.72. The molecule has 5 aliphatic heterocycles. The minimum atomic E-state index is -1.09. The Bertz CT molecular complexity index is 1270. The molecule has 1 aromatic carbocycles. The zero-order valence-corrected chi connectivity index (χ0v) is 22.4. The molecule has 5 amide bonds. The second-order valence-electron chi connectivity index (χ2n) is 11.9. The van der Waals surface area contributed by atoms with Gasteiger partial charge in [-0.1, -0.05) is 0 Å². The summed E-state index contributed by atoms with van der Waals surface area (Å²) >= 11 is 0. The fourth-order valence-electron chi connectivity index (χ4n) is 7.33. The van der Waals surface area contributed by atoms with Gasteiger partial charge in [0.1, 0.15) is 11.9 Å². The molecule has 0 aliphatic carbocycles. The monoisotopic (exact) mass is 555 g/mol. The molecule has 4 fully saturated rings. The number of likely N-dealkylation sites (tertiary alicyclic amines) is 2. The Hall–Kier alpha value is -3.54. The summed E-state index contributed by atoms with van der Waals surface area (Å²) < 4.78 is 15.5. The molecule has 0 aromatic heterocycles. The number of anilines is 1. The highest BCUT2D eigenvalue weighted by molar-refractivity contribution is 6.23. The van der Waals surface area contributed by atoms with E-state index in [0.29, 0.717) is 37.9 Å². The lowest BCUT2D eigenvalue weighted by Crippen LogP contribution is -2.54. The molecule has 5 aliphatic rings. The highest BCUT2D eigenvalue weighted by Crippen LogP contribution is 2.43. The van der Waals surface area contributed by atoms with Crippen molar-refractivity contribution in [2.75, 3.05) is 44.2 Å². The van der Waals surface area contributed by atoms with Gasteiger partial charge in [-0.2, -0.15) is 0 Å². The summed E-state index contributed by atoms with van der Waals surface area (Å²) in [4.78, 5) is 68.3. The van der Waals surface area contributed by atoms with E-state index in [-0.39, 0.29) is 29.4 Å². The van der Waals surface area contributed by atoms with Crippen LogP contribution in [0.4, 0.5) is 14.9 Å². The molecular formula is C28H34FN5O6. The molecule has 0 saturated carbocycles. The number of halogens is 1. The molecule has 0 bridgehead atoms. The number of nitrogens with zero attached hydrogens (tertiary/aromatic N) is 4. The fourth-order valence-corrected chi connectivity index (χ4v) is 7.33. The van der Waals surface area contributed by atoms with Crippen molar-refractivity contribution < 1.29 is 33.5 Å². The van der Waals surface area contributed by atoms with Crippen molar-refractivity contribution in [3.05, 3.63) is 29.1 Å². The van der Waals surface area contributed by atoms with Crippen molar-refractivity contribution in [2.45, 2.75) is 63.5 Å². The maximum absolute atomic E-state index is 15.5. The van der Waals surface area contributed by atoms with E-state index in [9.17, 15) is 29.1 Å². The number of nitrogens with one attached hydrogen (secondary N) is 1. The van der Waals surface area contributed by atoms with E-state index in [2.05, 4.69) is 10.2 Å². The zero-order valence-electron chi connectivity index (χ0n) is 22.4. The molecular weight excluding hydrogens is 521 g/mol. The van der Waals surface area contributed by atoms with Crippen LogP contribution in [0, 0.1) is 11.2 Å². The quantitative estimate of drug-likeness (QED) is 0.542. The molecule has 11 nitrogen and oxygen atoms in total. The van der Waals surface area contributed by atoms with Gasteiger partial charge in [-0.25, -0.2) is 9.18 Å². The number of hydrogen-bond donors (Lipinski definition) is 2. The van der Waals surface area contributed by atoms with E-state index < -0.39 is 41.6 Å². The Morgan fingerprint density at radius 2 is 1.60 bits per heavy atom. The Morgan fingerprint density at radius 1 is 0.925 bits per heavy atom. The molecule has 4 saturated heterocycles. The molecule has 2 N–H and O–H groups in total. The van der Waals surface area contributed by atoms with E-state index in [1.54, 1.807) is 0 Å². The first-order chi connectivity index (χ1) is 19.2. The number of piperidine rings is 4. The van der Waals surface area contributed by atoms with Crippen molar-refractivity contribution in [1.82, 2.24) is 20.0 Å². The van der Waals surface area contributed by atoms with Gasteiger partial charge in [0.2, 0.25) is 11.8 Å². The third-order valence-corrected chi connectivity index (χ3v) is 9.62. The third kappa shape index (κ3) is 4.61. The normalized spacial score (nSPS) is 25.9. The number of amides is 5. The van der Waals surface area contributed by atoms with Crippen LogP contribution in [0.2, 0.25) is 0 Å². The number of fused-ring (bicyclic) bond motifs is 1. The Balaban J connectivity index is 1.14. The largest absolute Gasteiger partial charge is 0.465 e. The molecule has 1 spiro atoms. The molecule has 214 valence electrons. The first-order valence-electron chi connectivity index (χ1n) is 14.2. The smallest absolute Gasteiger partial charge is 0.407 e. The van der Waals surface area contributed by atoms with Crippen LogP contribution in [0.25, 0.3) is 0 Å². The van der Waals surface area contributed by atoms with Crippen LogP contribution in [-0.4, -0.2) is 101 Å². The zero-order chi connectivity index (χ0) is 28.2. The molecule has 1 unspecified atom stereocenters. The van der Waals surface area contributed by atoms with Crippen molar-refractivity contribution in [3.8, 4) is 0 Å². The number of benzene rings is 1. The van der Waals surface area contributed by atoms with Crippen LogP contribution in [0.3, 0.4) is 0 Å². The van der Waals surface area contributed by atoms with Gasteiger partial charge in [0, 0.05) is 38.6 Å². The van der Waals surface area contributed by atoms with Crippen LogP contribution in [0.15, 0.2) is 12.1 Å². The Labute approximate surface area is 231 Å². The summed E-state index contributed by atoms with van der Waals surface area (Å²) in [5.74, 6) is -3.05. The standard InChI is InChI=1S/C28H34FN5O6/c29-20-14-18-19(26(38)34(25(18)37)21-2-3-23(35)30-24(21)36)15-22(20)33-9-1-6-28(16-33)7-12-31(13-8-28)17-4-10-32(11-5-17)27(39)40/h14-15,17,21H,1-13,16H2,(H,39,40)(H,30,35,36). The third-order valence-electron chi connectivity index (χ3n) is 9.62. The van der Waals surface area contributed by atoms with E-state index in [0.717, 1.165) is 62.6 Å². The molecule has 6 rings (SSSR count). The van der Waals surface area contributed by atoms with Crippen molar-refractivity contribution in [1.29, 1.82) is 0 Å². The summed E-state index contributed by atoms with van der Waals surface area (Å²) in [6, 6.07) is 1.87. The van der Waals surface area contributed by atoms with E-state index in [1.165, 1.54) is 11.0 Å². The lowest BCUT2D eigenvalue weighted by Gasteiger charge is -2.50. The van der Waals surface area contributed by atoms with Crippen molar-refractivity contribution in [2.24, 2.45) is 5.41 Å². The number of carboxylic acid groups (broad SMARTS) is 1. The summed E-state index contributed by atoms with van der Waals surface area (Å²) in [5.41, 5.74) is 0.367. The Morgan fingerprint density at radius 3 is 2.25 bits per heavy atom. The molecule has 1 aromatic rings. The summed E-state index contributed by atoms with van der Waals surface area (Å²) in [5, 5.41) is 11.4. The predicted octanol–water partition coefficient (Wildman–Crippen LogP) is 2.05. The number of rotatable bonds is 3. The van der Waals surface area contributed by atoms with Crippen molar-refractivity contribution in [3.63, 3.8) is 0 Å².